The second-order valence-electron chi connectivity index (χ2n) is 5.59. The quantitative estimate of drug-likeness (QED) is 0.715. The molecule has 0 bridgehead atoms. The Hall–Kier alpha value is -2.06. The summed E-state index contributed by atoms with van der Waals surface area (Å²) < 4.78 is 5.94. The first-order valence-corrected chi connectivity index (χ1v) is 8.34. The first-order valence-electron chi connectivity index (χ1n) is 8.34. The Bertz CT molecular complexity index is 619. The van der Waals surface area contributed by atoms with E-state index < -0.39 is 0 Å². The van der Waals surface area contributed by atoms with Gasteiger partial charge in [0.25, 0.3) is 0 Å². The molecule has 1 aromatic rings. The van der Waals surface area contributed by atoms with E-state index in [1.165, 1.54) is 11.1 Å². The highest BCUT2D eigenvalue weighted by atomic mass is 16.5. The van der Waals surface area contributed by atoms with Crippen LogP contribution in [0, 0.1) is 0 Å². The van der Waals surface area contributed by atoms with Crippen LogP contribution in [0.1, 0.15) is 38.7 Å². The number of ether oxygens (including phenoxy) is 1. The monoisotopic (exact) mass is 310 g/mol. The minimum absolute atomic E-state index is 0.0251. The van der Waals surface area contributed by atoms with Crippen molar-refractivity contribution in [2.24, 2.45) is 0 Å². The van der Waals surface area contributed by atoms with E-state index in [1.54, 1.807) is 0 Å². The van der Waals surface area contributed by atoms with Crippen LogP contribution in [0.3, 0.4) is 0 Å². The second kappa shape index (κ2) is 9.16. The first-order chi connectivity index (χ1) is 11.3. The average molecular weight is 310 g/mol. The molecule has 0 aliphatic heterocycles. The lowest BCUT2D eigenvalue weighted by atomic mass is 9.89. The summed E-state index contributed by atoms with van der Waals surface area (Å²) in [7, 11) is 0. The van der Waals surface area contributed by atoms with Crippen molar-refractivity contribution in [3.05, 3.63) is 77.1 Å². The molecule has 1 aliphatic rings. The first kappa shape index (κ1) is 17.3. The zero-order valence-electron chi connectivity index (χ0n) is 14.1. The molecule has 1 aliphatic carbocycles. The molecule has 2 nitrogen and oxygen atoms in total. The summed E-state index contributed by atoms with van der Waals surface area (Å²) >= 11 is 0. The molecule has 2 heteroatoms. The maximum atomic E-state index is 9.16. The van der Waals surface area contributed by atoms with Gasteiger partial charge in [-0.25, -0.2) is 0 Å². The number of aliphatic hydroxyl groups is 1. The summed E-state index contributed by atoms with van der Waals surface area (Å²) in [5.74, 6) is 0.912. The van der Waals surface area contributed by atoms with Crippen molar-refractivity contribution in [2.75, 3.05) is 13.2 Å². The van der Waals surface area contributed by atoms with Crippen LogP contribution >= 0.6 is 0 Å². The van der Waals surface area contributed by atoms with Crippen LogP contribution in [0.2, 0.25) is 0 Å². The van der Waals surface area contributed by atoms with Crippen LogP contribution in [0.5, 0.6) is 0 Å². The van der Waals surface area contributed by atoms with Gasteiger partial charge in [-0.15, -0.1) is 0 Å². The smallest absolute Gasteiger partial charge is 0.130 e. The molecule has 23 heavy (non-hydrogen) atoms. The summed E-state index contributed by atoms with van der Waals surface area (Å²) in [6.07, 6.45) is 11.6. The highest BCUT2D eigenvalue weighted by Gasteiger charge is 2.19. The van der Waals surface area contributed by atoms with E-state index in [-0.39, 0.29) is 6.61 Å². The Labute approximate surface area is 139 Å². The highest BCUT2D eigenvalue weighted by molar-refractivity contribution is 5.80. The van der Waals surface area contributed by atoms with Gasteiger partial charge >= 0.3 is 0 Å². The minimum atomic E-state index is 0.0251. The number of benzene rings is 1. The van der Waals surface area contributed by atoms with Gasteiger partial charge in [0, 0.05) is 5.57 Å². The molecule has 1 aromatic carbocycles. The molecule has 0 saturated carbocycles. The zero-order chi connectivity index (χ0) is 16.5. The standard InChI is InChI=1S/C21H26O2/c1-3-4-6-10-17(2)19-13-9-14-20(21(19)23-16-15-22)18-11-7-5-8-12-18/h4-8,10-12,14,22H,3,9,13,15-16H2,1-2H3/b6-4-,17-10+. The number of hydrogen-bond donors (Lipinski definition) is 1. The maximum absolute atomic E-state index is 9.16. The predicted molar refractivity (Wildman–Crippen MR) is 96.9 cm³/mol. The van der Waals surface area contributed by atoms with Crippen molar-refractivity contribution >= 4 is 5.57 Å². The Kier molecular flexibility index (Phi) is 6.89. The van der Waals surface area contributed by atoms with Gasteiger partial charge < -0.3 is 9.84 Å². The van der Waals surface area contributed by atoms with Crippen molar-refractivity contribution in [3.8, 4) is 0 Å². The number of allylic oxidation sites excluding steroid dienone is 7. The van der Waals surface area contributed by atoms with Crippen LogP contribution in [0.15, 0.2) is 71.5 Å². The van der Waals surface area contributed by atoms with E-state index in [0.717, 1.165) is 36.2 Å². The fourth-order valence-corrected chi connectivity index (χ4v) is 2.73. The molecular formula is C21H26O2. The summed E-state index contributed by atoms with van der Waals surface area (Å²) in [6.45, 7) is 4.61. The lowest BCUT2D eigenvalue weighted by molar-refractivity contribution is 0.151. The Morgan fingerprint density at radius 2 is 2.04 bits per heavy atom. The third-order valence-corrected chi connectivity index (χ3v) is 3.88. The average Bonchev–Trinajstić information content (AvgIpc) is 2.60. The second-order valence-corrected chi connectivity index (χ2v) is 5.59. The Morgan fingerprint density at radius 1 is 1.26 bits per heavy atom. The van der Waals surface area contributed by atoms with Gasteiger partial charge in [0.1, 0.15) is 12.4 Å². The summed E-state index contributed by atoms with van der Waals surface area (Å²) in [6, 6.07) is 10.3. The summed E-state index contributed by atoms with van der Waals surface area (Å²) in [5, 5.41) is 9.16. The fraction of sp³-hybridized carbons (Fsp3) is 0.333. The van der Waals surface area contributed by atoms with Crippen LogP contribution in [0.25, 0.3) is 5.57 Å². The molecule has 0 heterocycles. The van der Waals surface area contributed by atoms with Gasteiger partial charge in [-0.2, -0.15) is 0 Å². The van der Waals surface area contributed by atoms with Crippen LogP contribution in [-0.2, 0) is 4.74 Å². The van der Waals surface area contributed by atoms with Gasteiger partial charge in [-0.05, 0) is 42.9 Å². The number of aliphatic hydroxyl groups excluding tert-OH is 1. The van der Waals surface area contributed by atoms with E-state index in [0.29, 0.717) is 6.61 Å². The molecule has 0 unspecified atom stereocenters. The normalized spacial score (nSPS) is 16.0. The Morgan fingerprint density at radius 3 is 2.74 bits per heavy atom. The van der Waals surface area contributed by atoms with Crippen molar-refractivity contribution in [1.29, 1.82) is 0 Å². The maximum Gasteiger partial charge on any atom is 0.130 e. The molecule has 2 rings (SSSR count). The molecule has 0 aromatic heterocycles. The lowest BCUT2D eigenvalue weighted by Crippen LogP contribution is -2.08. The van der Waals surface area contributed by atoms with Crippen molar-refractivity contribution < 1.29 is 9.84 Å². The zero-order valence-corrected chi connectivity index (χ0v) is 14.1. The van der Waals surface area contributed by atoms with E-state index in [9.17, 15) is 0 Å². The lowest BCUT2D eigenvalue weighted by Gasteiger charge is -2.23. The van der Waals surface area contributed by atoms with Gasteiger partial charge in [-0.1, -0.05) is 61.6 Å². The van der Waals surface area contributed by atoms with E-state index >= 15 is 0 Å². The summed E-state index contributed by atoms with van der Waals surface area (Å²) in [4.78, 5) is 0. The molecule has 122 valence electrons. The molecular weight excluding hydrogens is 284 g/mol. The van der Waals surface area contributed by atoms with E-state index in [4.69, 9.17) is 9.84 Å². The van der Waals surface area contributed by atoms with Gasteiger partial charge in [0.15, 0.2) is 0 Å². The molecule has 1 N–H and O–H groups in total. The molecule has 0 fully saturated rings. The van der Waals surface area contributed by atoms with E-state index in [2.05, 4.69) is 50.3 Å². The van der Waals surface area contributed by atoms with Crippen LogP contribution in [0.4, 0.5) is 0 Å². The van der Waals surface area contributed by atoms with Crippen LogP contribution < -0.4 is 0 Å². The molecule has 0 spiro atoms. The SMILES string of the molecule is CC/C=C\C=C(/C)C1=C(OCCO)C(c2ccccc2)=CCC1. The number of rotatable bonds is 7. The third-order valence-electron chi connectivity index (χ3n) is 3.88. The predicted octanol–water partition coefficient (Wildman–Crippen LogP) is 5.04. The highest BCUT2D eigenvalue weighted by Crippen LogP contribution is 2.36. The van der Waals surface area contributed by atoms with Gasteiger partial charge in [0.05, 0.1) is 6.61 Å². The van der Waals surface area contributed by atoms with Crippen LogP contribution in [-0.4, -0.2) is 18.3 Å². The Balaban J connectivity index is 2.40. The minimum Gasteiger partial charge on any atom is -0.490 e. The molecule has 0 saturated heterocycles. The van der Waals surface area contributed by atoms with Crippen molar-refractivity contribution in [2.45, 2.75) is 33.1 Å². The van der Waals surface area contributed by atoms with Gasteiger partial charge in [-0.3, -0.25) is 0 Å². The van der Waals surface area contributed by atoms with Crippen molar-refractivity contribution in [1.82, 2.24) is 0 Å². The third kappa shape index (κ3) is 4.70. The molecule has 0 atom stereocenters. The van der Waals surface area contributed by atoms with Gasteiger partial charge in [0.2, 0.25) is 0 Å². The summed E-state index contributed by atoms with van der Waals surface area (Å²) in [5.41, 5.74) is 4.76. The topological polar surface area (TPSA) is 29.5 Å². The fourth-order valence-electron chi connectivity index (χ4n) is 2.73. The molecule has 0 amide bonds. The number of hydrogen-bond acceptors (Lipinski definition) is 2. The van der Waals surface area contributed by atoms with Crippen molar-refractivity contribution in [3.63, 3.8) is 0 Å². The molecule has 0 radical (unpaired) electrons. The van der Waals surface area contributed by atoms with E-state index in [1.807, 2.05) is 18.2 Å². The largest absolute Gasteiger partial charge is 0.490 e.